The van der Waals surface area contributed by atoms with Crippen molar-refractivity contribution in [2.45, 2.75) is 13.0 Å². The number of ether oxygens (including phenoxy) is 1. The number of hydrogen-bond acceptors (Lipinski definition) is 2. The Morgan fingerprint density at radius 1 is 1.06 bits per heavy atom. The lowest BCUT2D eigenvalue weighted by Crippen LogP contribution is -2.01. The maximum absolute atomic E-state index is 5.62. The van der Waals surface area contributed by atoms with E-state index in [1.165, 1.54) is 5.56 Å². The van der Waals surface area contributed by atoms with Crippen LogP contribution in [0.1, 0.15) is 11.3 Å². The van der Waals surface area contributed by atoms with Crippen LogP contribution >= 0.6 is 15.9 Å². The van der Waals surface area contributed by atoms with Gasteiger partial charge in [0.1, 0.15) is 0 Å². The molecule has 0 saturated carbocycles. The summed E-state index contributed by atoms with van der Waals surface area (Å²) in [5.74, 6) is 0. The zero-order chi connectivity index (χ0) is 11.9. The van der Waals surface area contributed by atoms with E-state index < -0.39 is 0 Å². The molecule has 0 unspecified atom stereocenters. The Hall–Kier alpha value is -1.19. The molecule has 0 bridgehead atoms. The van der Waals surface area contributed by atoms with Crippen LogP contribution < -0.4 is 0 Å². The van der Waals surface area contributed by atoms with Crippen LogP contribution in [-0.2, 0) is 17.8 Å². The fraction of sp³-hybridized carbons (Fsp3) is 0.214. The molecule has 0 aliphatic carbocycles. The third-order valence-electron chi connectivity index (χ3n) is 2.43. The molecule has 0 aliphatic rings. The summed E-state index contributed by atoms with van der Waals surface area (Å²) in [4.78, 5) is 4.30. The monoisotopic (exact) mass is 291 g/mol. The Bertz CT molecular complexity index is 459. The van der Waals surface area contributed by atoms with Gasteiger partial charge in [-0.2, -0.15) is 0 Å². The second-order valence-electron chi connectivity index (χ2n) is 3.72. The van der Waals surface area contributed by atoms with Crippen molar-refractivity contribution >= 4 is 15.9 Å². The van der Waals surface area contributed by atoms with Crippen LogP contribution in [0, 0.1) is 0 Å². The smallest absolute Gasteiger partial charge is 0.0717 e. The zero-order valence-corrected chi connectivity index (χ0v) is 11.1. The molecule has 0 atom stereocenters. The standard InChI is InChI=1S/C14H14BrNO/c15-13-7-4-9-16-14(13)8-10-17-11-12-5-2-1-3-6-12/h1-7,9H,8,10-11H2. The maximum atomic E-state index is 5.62. The summed E-state index contributed by atoms with van der Waals surface area (Å²) in [6.07, 6.45) is 2.63. The highest BCUT2D eigenvalue weighted by atomic mass is 79.9. The van der Waals surface area contributed by atoms with Crippen molar-refractivity contribution in [3.63, 3.8) is 0 Å². The lowest BCUT2D eigenvalue weighted by molar-refractivity contribution is 0.123. The van der Waals surface area contributed by atoms with Gasteiger partial charge in [0, 0.05) is 17.1 Å². The predicted molar refractivity (Wildman–Crippen MR) is 71.7 cm³/mol. The van der Waals surface area contributed by atoms with Crippen LogP contribution in [0.2, 0.25) is 0 Å². The maximum Gasteiger partial charge on any atom is 0.0717 e. The Balaban J connectivity index is 1.76. The lowest BCUT2D eigenvalue weighted by Gasteiger charge is -2.05. The normalized spacial score (nSPS) is 10.4. The minimum Gasteiger partial charge on any atom is -0.376 e. The van der Waals surface area contributed by atoms with Gasteiger partial charge >= 0.3 is 0 Å². The molecule has 2 rings (SSSR count). The first kappa shape index (κ1) is 12.3. The summed E-state index contributed by atoms with van der Waals surface area (Å²) < 4.78 is 6.66. The fourth-order valence-electron chi connectivity index (χ4n) is 1.54. The van der Waals surface area contributed by atoms with Crippen LogP contribution in [0.4, 0.5) is 0 Å². The van der Waals surface area contributed by atoms with E-state index in [9.17, 15) is 0 Å². The van der Waals surface area contributed by atoms with Crippen LogP contribution in [0.3, 0.4) is 0 Å². The Kier molecular flexibility index (Phi) is 4.71. The molecule has 0 saturated heterocycles. The molecule has 1 heterocycles. The van der Waals surface area contributed by atoms with E-state index in [-0.39, 0.29) is 0 Å². The summed E-state index contributed by atoms with van der Waals surface area (Å²) >= 11 is 3.48. The predicted octanol–water partition coefficient (Wildman–Crippen LogP) is 3.60. The average Bonchev–Trinajstić information content (AvgIpc) is 2.38. The van der Waals surface area contributed by atoms with Gasteiger partial charge in [0.25, 0.3) is 0 Å². The third kappa shape index (κ3) is 3.95. The first-order valence-electron chi connectivity index (χ1n) is 5.57. The van der Waals surface area contributed by atoms with E-state index in [1.54, 1.807) is 6.20 Å². The van der Waals surface area contributed by atoms with Gasteiger partial charge in [-0.3, -0.25) is 4.98 Å². The second-order valence-corrected chi connectivity index (χ2v) is 4.57. The summed E-state index contributed by atoms with van der Waals surface area (Å²) in [6, 6.07) is 14.1. The molecular formula is C14H14BrNO. The van der Waals surface area contributed by atoms with Gasteiger partial charge < -0.3 is 4.74 Å². The molecule has 1 aromatic heterocycles. The molecule has 88 valence electrons. The fourth-order valence-corrected chi connectivity index (χ4v) is 1.99. The van der Waals surface area contributed by atoms with E-state index in [4.69, 9.17) is 4.74 Å². The molecular weight excluding hydrogens is 278 g/mol. The van der Waals surface area contributed by atoms with Crippen LogP contribution in [0.15, 0.2) is 53.1 Å². The van der Waals surface area contributed by atoms with Crippen LogP contribution in [0.25, 0.3) is 0 Å². The topological polar surface area (TPSA) is 22.1 Å². The first-order valence-corrected chi connectivity index (χ1v) is 6.36. The third-order valence-corrected chi connectivity index (χ3v) is 3.15. The number of hydrogen-bond donors (Lipinski definition) is 0. The summed E-state index contributed by atoms with van der Waals surface area (Å²) in [5, 5.41) is 0. The Morgan fingerprint density at radius 2 is 1.88 bits per heavy atom. The molecule has 0 N–H and O–H groups in total. The van der Waals surface area contributed by atoms with Gasteiger partial charge in [-0.15, -0.1) is 0 Å². The van der Waals surface area contributed by atoms with E-state index >= 15 is 0 Å². The number of pyridine rings is 1. The van der Waals surface area contributed by atoms with Crippen molar-refractivity contribution in [1.29, 1.82) is 0 Å². The van der Waals surface area contributed by atoms with Crippen molar-refractivity contribution in [1.82, 2.24) is 4.98 Å². The van der Waals surface area contributed by atoms with Crippen molar-refractivity contribution in [2.75, 3.05) is 6.61 Å². The van der Waals surface area contributed by atoms with Gasteiger partial charge in [-0.25, -0.2) is 0 Å². The van der Waals surface area contributed by atoms with Crippen molar-refractivity contribution in [2.24, 2.45) is 0 Å². The second kappa shape index (κ2) is 6.52. The number of nitrogens with zero attached hydrogens (tertiary/aromatic N) is 1. The van der Waals surface area contributed by atoms with Crippen molar-refractivity contribution < 1.29 is 4.74 Å². The summed E-state index contributed by atoms with van der Waals surface area (Å²) in [5.41, 5.74) is 2.24. The van der Waals surface area contributed by atoms with Crippen LogP contribution in [-0.4, -0.2) is 11.6 Å². The largest absolute Gasteiger partial charge is 0.376 e. The van der Waals surface area contributed by atoms with E-state index in [2.05, 4.69) is 33.0 Å². The Labute approximate surface area is 110 Å². The van der Waals surface area contributed by atoms with Crippen molar-refractivity contribution in [3.8, 4) is 0 Å². The van der Waals surface area contributed by atoms with Gasteiger partial charge in [0.2, 0.25) is 0 Å². The van der Waals surface area contributed by atoms with E-state index in [0.29, 0.717) is 13.2 Å². The molecule has 0 amide bonds. The lowest BCUT2D eigenvalue weighted by atomic mass is 10.2. The summed E-state index contributed by atoms with van der Waals surface area (Å²) in [7, 11) is 0. The van der Waals surface area contributed by atoms with Gasteiger partial charge in [0.15, 0.2) is 0 Å². The summed E-state index contributed by atoms with van der Waals surface area (Å²) in [6.45, 7) is 1.34. The number of rotatable bonds is 5. The van der Waals surface area contributed by atoms with E-state index in [0.717, 1.165) is 16.6 Å². The van der Waals surface area contributed by atoms with E-state index in [1.807, 2.05) is 30.3 Å². The highest BCUT2D eigenvalue weighted by Gasteiger charge is 2.00. The first-order chi connectivity index (χ1) is 8.36. The molecule has 2 nitrogen and oxygen atoms in total. The highest BCUT2D eigenvalue weighted by Crippen LogP contribution is 2.13. The number of halogens is 1. The highest BCUT2D eigenvalue weighted by molar-refractivity contribution is 9.10. The van der Waals surface area contributed by atoms with Crippen molar-refractivity contribution in [3.05, 3.63) is 64.4 Å². The molecule has 0 aliphatic heterocycles. The number of benzene rings is 1. The molecule has 17 heavy (non-hydrogen) atoms. The van der Waals surface area contributed by atoms with Crippen LogP contribution in [0.5, 0.6) is 0 Å². The van der Waals surface area contributed by atoms with Gasteiger partial charge in [0.05, 0.1) is 18.9 Å². The molecule has 0 fully saturated rings. The average molecular weight is 292 g/mol. The number of aromatic nitrogens is 1. The molecule has 0 radical (unpaired) electrons. The van der Waals surface area contributed by atoms with Gasteiger partial charge in [-0.05, 0) is 33.6 Å². The molecule has 2 aromatic rings. The zero-order valence-electron chi connectivity index (χ0n) is 9.47. The molecule has 1 aromatic carbocycles. The quantitative estimate of drug-likeness (QED) is 0.785. The molecule has 0 spiro atoms. The minimum atomic E-state index is 0.658. The molecule has 3 heteroatoms. The van der Waals surface area contributed by atoms with Gasteiger partial charge in [-0.1, -0.05) is 30.3 Å². The SMILES string of the molecule is Brc1cccnc1CCOCc1ccccc1. The minimum absolute atomic E-state index is 0.658. The Morgan fingerprint density at radius 3 is 2.65 bits per heavy atom.